The monoisotopic (exact) mass is 687 g/mol. The molecule has 0 saturated carbocycles. The van der Waals surface area contributed by atoms with Crippen LogP contribution in [0, 0.1) is 5.82 Å². The van der Waals surface area contributed by atoms with Crippen molar-refractivity contribution in [3.05, 3.63) is 181 Å². The summed E-state index contributed by atoms with van der Waals surface area (Å²) in [6, 6.07) is 56.2. The third kappa shape index (κ3) is 6.17. The largest absolute Gasteiger partial charge is 0.482 e. The molecule has 1 aliphatic heterocycles. The summed E-state index contributed by atoms with van der Waals surface area (Å²) in [5.74, 6) is 2.22. The van der Waals surface area contributed by atoms with Crippen molar-refractivity contribution in [2.24, 2.45) is 0 Å². The van der Waals surface area contributed by atoms with E-state index in [9.17, 15) is 4.39 Å². The normalized spacial score (nSPS) is 12.7. The lowest BCUT2D eigenvalue weighted by Crippen LogP contribution is -2.29. The number of benzene rings is 7. The van der Waals surface area contributed by atoms with Crippen LogP contribution in [0.5, 0.6) is 5.75 Å². The van der Waals surface area contributed by atoms with E-state index in [2.05, 4.69) is 98.8 Å². The number of ether oxygens (including phenoxy) is 1. The van der Waals surface area contributed by atoms with Crippen LogP contribution < -0.4 is 4.74 Å². The molecule has 0 aliphatic carbocycles. The summed E-state index contributed by atoms with van der Waals surface area (Å²) in [6.45, 7) is 4.21. The number of nitrogens with zero attached hydrogens (tertiary/aromatic N) is 3. The average molecular weight is 688 g/mol. The predicted molar refractivity (Wildman–Crippen MR) is 211 cm³/mol. The van der Waals surface area contributed by atoms with Gasteiger partial charge in [-0.2, -0.15) is 0 Å². The summed E-state index contributed by atoms with van der Waals surface area (Å²) >= 11 is 0. The Kier molecular flexibility index (Phi) is 7.97. The summed E-state index contributed by atoms with van der Waals surface area (Å²) in [4.78, 5) is 15.3. The molecule has 0 atom stereocenters. The van der Waals surface area contributed by atoms with Gasteiger partial charge in [-0.25, -0.2) is 19.3 Å². The Bertz CT molecular complexity index is 2620. The third-order valence-corrected chi connectivity index (χ3v) is 9.83. The molecule has 0 spiro atoms. The lowest BCUT2D eigenvalue weighted by atomic mass is 9.85. The van der Waals surface area contributed by atoms with Crippen molar-refractivity contribution >= 4 is 0 Å². The van der Waals surface area contributed by atoms with Gasteiger partial charge >= 0.3 is 0 Å². The van der Waals surface area contributed by atoms with E-state index in [0.717, 1.165) is 66.9 Å². The van der Waals surface area contributed by atoms with Gasteiger partial charge in [0.15, 0.2) is 17.5 Å². The molecule has 0 fully saturated rings. The van der Waals surface area contributed by atoms with E-state index in [1.165, 1.54) is 17.7 Å². The molecule has 8 aromatic rings. The molecular weight excluding hydrogens is 654 g/mol. The maximum atomic E-state index is 14.1. The highest BCUT2D eigenvalue weighted by Crippen LogP contribution is 2.47. The van der Waals surface area contributed by atoms with Crippen LogP contribution in [0.1, 0.15) is 19.4 Å². The minimum Gasteiger partial charge on any atom is -0.482 e. The number of hydrogen-bond donors (Lipinski definition) is 0. The van der Waals surface area contributed by atoms with Gasteiger partial charge in [0, 0.05) is 27.8 Å². The minimum atomic E-state index is -0.492. The Hall–Kier alpha value is -6.72. The van der Waals surface area contributed by atoms with Gasteiger partial charge in [0.25, 0.3) is 0 Å². The second-order valence-electron chi connectivity index (χ2n) is 13.8. The lowest BCUT2D eigenvalue weighted by molar-refractivity contribution is 0.106. The van der Waals surface area contributed by atoms with Crippen molar-refractivity contribution in [2.75, 3.05) is 0 Å². The molecule has 0 radical (unpaired) electrons. The molecule has 0 bridgehead atoms. The second kappa shape index (κ2) is 13.1. The average Bonchev–Trinajstić information content (AvgIpc) is 3.21. The van der Waals surface area contributed by atoms with E-state index >= 15 is 0 Å². The zero-order valence-electron chi connectivity index (χ0n) is 29.3. The smallest absolute Gasteiger partial charge is 0.164 e. The van der Waals surface area contributed by atoms with Crippen molar-refractivity contribution in [1.82, 2.24) is 15.0 Å². The maximum absolute atomic E-state index is 14.1. The molecule has 254 valence electrons. The van der Waals surface area contributed by atoms with Crippen LogP contribution in [-0.2, 0) is 5.60 Å². The lowest BCUT2D eigenvalue weighted by Gasteiger charge is -2.35. The van der Waals surface area contributed by atoms with Crippen molar-refractivity contribution < 1.29 is 9.13 Å². The number of fused-ring (bicyclic) bond motifs is 3. The molecule has 0 saturated heterocycles. The van der Waals surface area contributed by atoms with Crippen LogP contribution in [0.25, 0.3) is 78.7 Å². The molecule has 5 heteroatoms. The summed E-state index contributed by atoms with van der Waals surface area (Å²) < 4.78 is 20.8. The zero-order valence-corrected chi connectivity index (χ0v) is 29.3. The van der Waals surface area contributed by atoms with Gasteiger partial charge in [0.05, 0.1) is 0 Å². The topological polar surface area (TPSA) is 47.9 Å². The van der Waals surface area contributed by atoms with Crippen LogP contribution in [0.3, 0.4) is 0 Å². The van der Waals surface area contributed by atoms with Crippen LogP contribution >= 0.6 is 0 Å². The maximum Gasteiger partial charge on any atom is 0.164 e. The Balaban J connectivity index is 1.25. The molecule has 0 unspecified atom stereocenters. The van der Waals surface area contributed by atoms with Gasteiger partial charge < -0.3 is 4.74 Å². The molecule has 0 amide bonds. The number of hydrogen-bond acceptors (Lipinski definition) is 4. The van der Waals surface area contributed by atoms with E-state index in [0.29, 0.717) is 17.5 Å². The van der Waals surface area contributed by atoms with E-state index < -0.39 is 5.60 Å². The highest BCUT2D eigenvalue weighted by atomic mass is 19.1. The fourth-order valence-electron chi connectivity index (χ4n) is 7.20. The molecule has 4 nitrogen and oxygen atoms in total. The molecule has 7 aromatic carbocycles. The zero-order chi connectivity index (χ0) is 35.9. The van der Waals surface area contributed by atoms with Gasteiger partial charge in [0.1, 0.15) is 17.2 Å². The first-order valence-electron chi connectivity index (χ1n) is 17.7. The fraction of sp³-hybridized carbons (Fsp3) is 0.0625. The van der Waals surface area contributed by atoms with Crippen molar-refractivity contribution in [1.29, 1.82) is 0 Å². The summed E-state index contributed by atoms with van der Waals surface area (Å²) in [5, 5.41) is 0. The highest BCUT2D eigenvalue weighted by Gasteiger charge is 2.32. The Morgan fingerprint density at radius 3 is 1.64 bits per heavy atom. The number of rotatable bonds is 6. The molecule has 2 heterocycles. The van der Waals surface area contributed by atoms with Gasteiger partial charge in [-0.1, -0.05) is 133 Å². The van der Waals surface area contributed by atoms with E-state index in [1.807, 2.05) is 60.7 Å². The van der Waals surface area contributed by atoms with E-state index in [1.54, 1.807) is 12.1 Å². The van der Waals surface area contributed by atoms with Crippen molar-refractivity contribution in [3.63, 3.8) is 0 Å². The standard InChI is InChI=1S/C48H34FN3O/c1-48(2)43-20-12-11-18-40(43)41-26-23-34(30-44(41)53-48)36-27-35(31-21-24-38(49)25-22-31)28-37(29-36)46-50-45(33-15-7-4-8-16-33)51-47(52-46)42-19-10-9-17-39(42)32-13-5-3-6-14-32/h3-30H,1-2H3. The van der Waals surface area contributed by atoms with Crippen LogP contribution in [0.2, 0.25) is 0 Å². The number of aromatic nitrogens is 3. The van der Waals surface area contributed by atoms with Crippen molar-refractivity contribution in [2.45, 2.75) is 19.4 Å². The first kappa shape index (κ1) is 32.2. The molecule has 53 heavy (non-hydrogen) atoms. The Labute approximate surface area is 308 Å². The summed E-state index contributed by atoms with van der Waals surface area (Å²) in [6.07, 6.45) is 0. The SMILES string of the molecule is CC1(C)Oc2cc(-c3cc(-c4ccc(F)cc4)cc(-c4nc(-c5ccccc5)nc(-c5ccccc5-c5ccccc5)n4)c3)ccc2-c2ccccc21. The molecule has 9 rings (SSSR count). The second-order valence-corrected chi connectivity index (χ2v) is 13.8. The molecule has 0 N–H and O–H groups in total. The van der Waals surface area contributed by atoms with Gasteiger partial charge in [0.2, 0.25) is 0 Å². The van der Waals surface area contributed by atoms with Crippen LogP contribution in [0.15, 0.2) is 170 Å². The van der Waals surface area contributed by atoms with Gasteiger partial charge in [-0.3, -0.25) is 0 Å². The predicted octanol–water partition coefficient (Wildman–Crippen LogP) is 12.3. The Morgan fingerprint density at radius 2 is 0.925 bits per heavy atom. The molecule has 1 aliphatic rings. The Morgan fingerprint density at radius 1 is 0.396 bits per heavy atom. The van der Waals surface area contributed by atoms with Crippen LogP contribution in [0.4, 0.5) is 4.39 Å². The van der Waals surface area contributed by atoms with Crippen LogP contribution in [-0.4, -0.2) is 15.0 Å². The van der Waals surface area contributed by atoms with E-state index in [4.69, 9.17) is 19.7 Å². The van der Waals surface area contributed by atoms with E-state index in [-0.39, 0.29) is 5.82 Å². The number of halogens is 1. The third-order valence-electron chi connectivity index (χ3n) is 9.83. The van der Waals surface area contributed by atoms with Gasteiger partial charge in [-0.15, -0.1) is 0 Å². The molecule has 1 aromatic heterocycles. The fourth-order valence-corrected chi connectivity index (χ4v) is 7.20. The molecular formula is C48H34FN3O. The quantitative estimate of drug-likeness (QED) is 0.175. The first-order valence-corrected chi connectivity index (χ1v) is 17.7. The van der Waals surface area contributed by atoms with Crippen molar-refractivity contribution in [3.8, 4) is 84.4 Å². The minimum absolute atomic E-state index is 0.286. The summed E-state index contributed by atoms with van der Waals surface area (Å²) in [7, 11) is 0. The van der Waals surface area contributed by atoms with Gasteiger partial charge in [-0.05, 0) is 89.2 Å². The highest BCUT2D eigenvalue weighted by molar-refractivity contribution is 5.85. The summed E-state index contributed by atoms with van der Waals surface area (Å²) in [5.41, 5.74) is 11.3. The first-order chi connectivity index (χ1) is 25.9.